The molecule has 0 atom stereocenters. The molecule has 0 rings (SSSR count). The predicted molar refractivity (Wildman–Crippen MR) is 105 cm³/mol. The Balaban J connectivity index is 3.24. The van der Waals surface area contributed by atoms with E-state index in [1.807, 2.05) is 0 Å². The minimum atomic E-state index is -0.555. The molecule has 0 spiro atoms. The van der Waals surface area contributed by atoms with Crippen molar-refractivity contribution in [2.24, 2.45) is 0 Å². The van der Waals surface area contributed by atoms with Crippen molar-refractivity contribution in [1.82, 2.24) is 5.32 Å². The zero-order chi connectivity index (χ0) is 18.6. The third-order valence-corrected chi connectivity index (χ3v) is 4.34. The van der Waals surface area contributed by atoms with Gasteiger partial charge in [0, 0.05) is 6.42 Å². The number of rotatable bonds is 18. The van der Waals surface area contributed by atoms with Gasteiger partial charge in [0.2, 0.25) is 5.91 Å². The van der Waals surface area contributed by atoms with Gasteiger partial charge in [0.25, 0.3) is 0 Å². The number of nitrogens with one attached hydrogen (secondary N) is 1. The van der Waals surface area contributed by atoms with Crippen LogP contribution in [0.4, 0.5) is 0 Å². The molecule has 0 unspecified atom stereocenters. The number of ketones is 1. The molecule has 0 saturated heterocycles. The van der Waals surface area contributed by atoms with E-state index >= 15 is 0 Å². The van der Waals surface area contributed by atoms with Crippen molar-refractivity contribution >= 4 is 11.7 Å². The van der Waals surface area contributed by atoms with E-state index in [0.717, 1.165) is 12.8 Å². The average Bonchev–Trinajstić information content (AvgIpc) is 2.62. The Bertz CT molecular complexity index is 353. The average molecular weight is 354 g/mol. The third kappa shape index (κ3) is 19.0. The summed E-state index contributed by atoms with van der Waals surface area (Å²) >= 11 is 0. The van der Waals surface area contributed by atoms with Gasteiger partial charge in [0.15, 0.2) is 5.78 Å². The Hall–Kier alpha value is -1.16. The quantitative estimate of drug-likeness (QED) is 0.277. The van der Waals surface area contributed by atoms with E-state index in [1.54, 1.807) is 0 Å². The Morgan fingerprint density at radius 1 is 0.800 bits per heavy atom. The molecule has 146 valence electrons. The Morgan fingerprint density at radius 2 is 1.32 bits per heavy atom. The van der Waals surface area contributed by atoms with Crippen molar-refractivity contribution in [2.75, 3.05) is 13.2 Å². The molecule has 1 amide bonds. The zero-order valence-corrected chi connectivity index (χ0v) is 16.2. The standard InChI is InChI=1S/C21H39NO3/c1-2-3-4-5-6-7-8-9-10-11-12-13-14-15-16-17-20(24)18-22-21(25)19-23/h9-10,23H,2-8,11-19H2,1H3,(H,22,25)/b10-9-. The highest BCUT2D eigenvalue weighted by Crippen LogP contribution is 2.10. The van der Waals surface area contributed by atoms with Gasteiger partial charge in [-0.3, -0.25) is 9.59 Å². The molecule has 0 bridgehead atoms. The summed E-state index contributed by atoms with van der Waals surface area (Å²) in [4.78, 5) is 22.3. The Labute approximate surface area is 154 Å². The van der Waals surface area contributed by atoms with Gasteiger partial charge in [-0.2, -0.15) is 0 Å². The van der Waals surface area contributed by atoms with Crippen LogP contribution in [0.5, 0.6) is 0 Å². The van der Waals surface area contributed by atoms with Crippen LogP contribution in [0.3, 0.4) is 0 Å². The van der Waals surface area contributed by atoms with E-state index in [-0.39, 0.29) is 12.3 Å². The van der Waals surface area contributed by atoms with Gasteiger partial charge in [-0.1, -0.05) is 70.4 Å². The molecule has 0 fully saturated rings. The summed E-state index contributed by atoms with van der Waals surface area (Å²) in [5, 5.41) is 10.9. The van der Waals surface area contributed by atoms with Crippen LogP contribution in [0.15, 0.2) is 12.2 Å². The lowest BCUT2D eigenvalue weighted by molar-refractivity contribution is -0.127. The molecule has 2 N–H and O–H groups in total. The van der Waals surface area contributed by atoms with E-state index in [4.69, 9.17) is 5.11 Å². The Morgan fingerprint density at radius 3 is 1.88 bits per heavy atom. The van der Waals surface area contributed by atoms with E-state index < -0.39 is 12.5 Å². The Kier molecular flexibility index (Phi) is 18.3. The molecule has 0 radical (unpaired) electrons. The maximum atomic E-state index is 11.5. The van der Waals surface area contributed by atoms with Gasteiger partial charge >= 0.3 is 0 Å². The van der Waals surface area contributed by atoms with Gasteiger partial charge in [0.05, 0.1) is 6.54 Å². The number of allylic oxidation sites excluding steroid dienone is 2. The molecule has 0 aromatic rings. The van der Waals surface area contributed by atoms with Crippen LogP contribution >= 0.6 is 0 Å². The second kappa shape index (κ2) is 19.2. The molecule has 0 aromatic heterocycles. The minimum Gasteiger partial charge on any atom is -0.387 e. The fraction of sp³-hybridized carbons (Fsp3) is 0.810. The molecule has 0 saturated carbocycles. The maximum absolute atomic E-state index is 11.5. The number of aliphatic hydroxyl groups is 1. The number of unbranched alkanes of at least 4 members (excludes halogenated alkanes) is 11. The molecule has 4 heteroatoms. The van der Waals surface area contributed by atoms with Crippen molar-refractivity contribution in [1.29, 1.82) is 0 Å². The topological polar surface area (TPSA) is 66.4 Å². The van der Waals surface area contributed by atoms with Crippen LogP contribution in [0.25, 0.3) is 0 Å². The number of carbonyl (C=O) groups excluding carboxylic acids is 2. The SMILES string of the molecule is CCCCCCCC/C=C\CCCCCCCC(=O)CNC(=O)CO. The highest BCUT2D eigenvalue weighted by atomic mass is 16.3. The van der Waals surface area contributed by atoms with Gasteiger partial charge < -0.3 is 10.4 Å². The summed E-state index contributed by atoms with van der Waals surface area (Å²) in [7, 11) is 0. The summed E-state index contributed by atoms with van der Waals surface area (Å²) < 4.78 is 0. The lowest BCUT2D eigenvalue weighted by Crippen LogP contribution is -2.31. The highest BCUT2D eigenvalue weighted by Gasteiger charge is 2.04. The van der Waals surface area contributed by atoms with E-state index in [9.17, 15) is 9.59 Å². The van der Waals surface area contributed by atoms with Crippen LogP contribution in [-0.2, 0) is 9.59 Å². The van der Waals surface area contributed by atoms with Crippen molar-refractivity contribution in [2.45, 2.75) is 96.8 Å². The number of aliphatic hydroxyl groups excluding tert-OH is 1. The summed E-state index contributed by atoms with van der Waals surface area (Å²) in [5.41, 5.74) is 0. The van der Waals surface area contributed by atoms with E-state index in [0.29, 0.717) is 6.42 Å². The number of hydrogen-bond donors (Lipinski definition) is 2. The van der Waals surface area contributed by atoms with Crippen molar-refractivity contribution in [3.05, 3.63) is 12.2 Å². The second-order valence-electron chi connectivity index (χ2n) is 6.81. The lowest BCUT2D eigenvalue weighted by Gasteiger charge is -2.03. The molecule has 0 aliphatic rings. The normalized spacial score (nSPS) is 11.1. The summed E-state index contributed by atoms with van der Waals surface area (Å²) in [5.74, 6) is -0.447. The third-order valence-electron chi connectivity index (χ3n) is 4.34. The zero-order valence-electron chi connectivity index (χ0n) is 16.2. The van der Waals surface area contributed by atoms with Gasteiger partial charge in [0.1, 0.15) is 6.61 Å². The summed E-state index contributed by atoms with van der Waals surface area (Å²) in [6.07, 6.45) is 21.3. The van der Waals surface area contributed by atoms with E-state index in [1.165, 1.54) is 70.6 Å². The highest BCUT2D eigenvalue weighted by molar-refractivity contribution is 5.86. The van der Waals surface area contributed by atoms with Crippen molar-refractivity contribution in [3.63, 3.8) is 0 Å². The summed E-state index contributed by atoms with van der Waals surface area (Å²) in [6.45, 7) is 1.74. The van der Waals surface area contributed by atoms with Gasteiger partial charge in [-0.15, -0.1) is 0 Å². The molecule has 4 nitrogen and oxygen atoms in total. The van der Waals surface area contributed by atoms with Crippen molar-refractivity contribution < 1.29 is 14.7 Å². The van der Waals surface area contributed by atoms with Crippen LogP contribution < -0.4 is 5.32 Å². The van der Waals surface area contributed by atoms with Crippen LogP contribution in [-0.4, -0.2) is 29.9 Å². The molecule has 0 aliphatic heterocycles. The number of hydrogen-bond acceptors (Lipinski definition) is 3. The van der Waals surface area contributed by atoms with E-state index in [2.05, 4.69) is 24.4 Å². The molecule has 0 aliphatic carbocycles. The first-order valence-corrected chi connectivity index (χ1v) is 10.2. The van der Waals surface area contributed by atoms with Gasteiger partial charge in [-0.05, 0) is 32.1 Å². The fourth-order valence-electron chi connectivity index (χ4n) is 2.73. The first kappa shape index (κ1) is 23.8. The number of amides is 1. The number of carbonyl (C=O) groups is 2. The monoisotopic (exact) mass is 353 g/mol. The van der Waals surface area contributed by atoms with Crippen LogP contribution in [0.2, 0.25) is 0 Å². The lowest BCUT2D eigenvalue weighted by atomic mass is 10.1. The maximum Gasteiger partial charge on any atom is 0.246 e. The predicted octanol–water partition coefficient (Wildman–Crippen LogP) is 4.70. The molecular weight excluding hydrogens is 314 g/mol. The number of Topliss-reactive ketones (excluding diaryl/α,β-unsaturated/α-hetero) is 1. The van der Waals surface area contributed by atoms with Crippen molar-refractivity contribution in [3.8, 4) is 0 Å². The first-order valence-electron chi connectivity index (χ1n) is 10.2. The second-order valence-corrected chi connectivity index (χ2v) is 6.81. The summed E-state index contributed by atoms with van der Waals surface area (Å²) in [6, 6.07) is 0. The molecular formula is C21H39NO3. The van der Waals surface area contributed by atoms with Gasteiger partial charge in [-0.25, -0.2) is 0 Å². The smallest absolute Gasteiger partial charge is 0.246 e. The molecule has 25 heavy (non-hydrogen) atoms. The first-order chi connectivity index (χ1) is 12.2. The van der Waals surface area contributed by atoms with Crippen LogP contribution in [0.1, 0.15) is 96.8 Å². The van der Waals surface area contributed by atoms with Crippen LogP contribution in [0, 0.1) is 0 Å². The minimum absolute atomic E-state index is 0.0411. The molecule has 0 heterocycles. The fourth-order valence-corrected chi connectivity index (χ4v) is 2.73. The largest absolute Gasteiger partial charge is 0.387 e. The molecule has 0 aromatic carbocycles.